The maximum Gasteiger partial charge on any atom is 0.180 e. The lowest BCUT2D eigenvalue weighted by Crippen LogP contribution is -2.61. The Morgan fingerprint density at radius 1 is 1.30 bits per heavy atom. The van der Waals surface area contributed by atoms with Crippen molar-refractivity contribution < 1.29 is 4.79 Å². The van der Waals surface area contributed by atoms with Crippen LogP contribution in [0, 0.1) is 11.8 Å². The van der Waals surface area contributed by atoms with Gasteiger partial charge in [0.05, 0.1) is 6.04 Å². The highest BCUT2D eigenvalue weighted by Crippen LogP contribution is 2.49. The first-order chi connectivity index (χ1) is 11.0. The number of fused-ring (bicyclic) bond motifs is 4. The van der Waals surface area contributed by atoms with Gasteiger partial charge in [-0.3, -0.25) is 9.69 Å². The zero-order chi connectivity index (χ0) is 16.2. The highest BCUT2D eigenvalue weighted by molar-refractivity contribution is 6.03. The molecule has 0 spiro atoms. The van der Waals surface area contributed by atoms with Crippen LogP contribution in [0.5, 0.6) is 0 Å². The Labute approximate surface area is 140 Å². The van der Waals surface area contributed by atoms with Gasteiger partial charge in [0.25, 0.3) is 0 Å². The number of hydrogen-bond donors (Lipinski definition) is 0. The Balaban J connectivity index is 1.74. The number of piperidine rings is 1. The largest absolute Gasteiger partial charge is 0.293 e. The lowest BCUT2D eigenvalue weighted by atomic mass is 9.58. The SMILES string of the molecule is CCCc1ccc2c(c1)[C@]1(C)CCN(CC3CC3)[C@H](C2=O)[C@@H]1C. The van der Waals surface area contributed by atoms with Gasteiger partial charge in [-0.15, -0.1) is 0 Å². The first-order valence-corrected chi connectivity index (χ1v) is 9.46. The fourth-order valence-electron chi connectivity index (χ4n) is 4.90. The van der Waals surface area contributed by atoms with Crippen molar-refractivity contribution in [2.45, 2.75) is 64.3 Å². The Morgan fingerprint density at radius 2 is 2.09 bits per heavy atom. The number of carbonyl (C=O) groups is 1. The molecule has 2 fully saturated rings. The Kier molecular flexibility index (Phi) is 3.64. The lowest BCUT2D eigenvalue weighted by Gasteiger charge is -2.53. The van der Waals surface area contributed by atoms with Crippen LogP contribution < -0.4 is 0 Å². The van der Waals surface area contributed by atoms with Crippen LogP contribution in [0.1, 0.15) is 67.9 Å². The fraction of sp³-hybridized carbons (Fsp3) is 0.667. The molecule has 0 N–H and O–H groups in total. The number of rotatable bonds is 4. The number of benzene rings is 1. The van der Waals surface area contributed by atoms with Crippen molar-refractivity contribution in [3.05, 3.63) is 34.9 Å². The topological polar surface area (TPSA) is 20.3 Å². The Hall–Kier alpha value is -1.15. The minimum Gasteiger partial charge on any atom is -0.293 e. The molecule has 2 nitrogen and oxygen atoms in total. The maximum atomic E-state index is 13.2. The molecular weight excluding hydrogens is 282 g/mol. The summed E-state index contributed by atoms with van der Waals surface area (Å²) in [5.74, 6) is 1.66. The predicted octanol–water partition coefficient (Wildman–Crippen LogP) is 4.21. The molecule has 1 aliphatic heterocycles. The van der Waals surface area contributed by atoms with Gasteiger partial charge in [-0.1, -0.05) is 45.4 Å². The number of Topliss-reactive ketones (excluding diaryl/α,β-unsaturated/α-hetero) is 1. The fourth-order valence-corrected chi connectivity index (χ4v) is 4.90. The average molecular weight is 311 g/mol. The Morgan fingerprint density at radius 3 is 2.78 bits per heavy atom. The maximum absolute atomic E-state index is 13.2. The summed E-state index contributed by atoms with van der Waals surface area (Å²) in [6.07, 6.45) is 6.19. The average Bonchev–Trinajstić information content (AvgIpc) is 3.34. The summed E-state index contributed by atoms with van der Waals surface area (Å²) in [7, 11) is 0. The van der Waals surface area contributed by atoms with Crippen LogP contribution in [0.3, 0.4) is 0 Å². The standard InChI is InChI=1S/C21H29NO/c1-4-5-15-8-9-17-18(12-15)21(3)10-11-22(13-16-6-7-16)19(14(21)2)20(17)23/h8-9,12,14,16,19H,4-7,10-11,13H2,1-3H3/t14-,19-,21+/m0/s1. The Bertz CT molecular complexity index is 633. The molecule has 124 valence electrons. The van der Waals surface area contributed by atoms with Crippen LogP contribution in [0.15, 0.2) is 18.2 Å². The lowest BCUT2D eigenvalue weighted by molar-refractivity contribution is 0.0266. The van der Waals surface area contributed by atoms with E-state index in [0.717, 1.165) is 37.4 Å². The summed E-state index contributed by atoms with van der Waals surface area (Å²) in [6.45, 7) is 9.17. The second-order valence-corrected chi connectivity index (χ2v) is 8.33. The molecule has 2 heteroatoms. The highest BCUT2D eigenvalue weighted by Gasteiger charge is 2.52. The first kappa shape index (κ1) is 15.4. The molecule has 0 unspecified atom stereocenters. The number of likely N-dealkylation sites (tertiary alicyclic amines) is 1. The van der Waals surface area contributed by atoms with Crippen molar-refractivity contribution in [3.8, 4) is 0 Å². The molecule has 1 aromatic rings. The zero-order valence-corrected chi connectivity index (χ0v) is 14.8. The number of nitrogens with zero attached hydrogens (tertiary/aromatic N) is 1. The third-order valence-corrected chi connectivity index (χ3v) is 6.75. The third kappa shape index (κ3) is 2.38. The molecule has 4 rings (SSSR count). The van der Waals surface area contributed by atoms with E-state index in [4.69, 9.17) is 0 Å². The molecule has 3 aliphatic rings. The van der Waals surface area contributed by atoms with Gasteiger partial charge in [0, 0.05) is 12.1 Å². The van der Waals surface area contributed by atoms with E-state index >= 15 is 0 Å². The van der Waals surface area contributed by atoms with Crippen molar-refractivity contribution in [2.75, 3.05) is 13.1 Å². The van der Waals surface area contributed by atoms with E-state index in [-0.39, 0.29) is 11.5 Å². The van der Waals surface area contributed by atoms with E-state index in [0.29, 0.717) is 11.7 Å². The van der Waals surface area contributed by atoms with Crippen molar-refractivity contribution >= 4 is 5.78 Å². The second kappa shape index (κ2) is 5.44. The summed E-state index contributed by atoms with van der Waals surface area (Å²) in [5.41, 5.74) is 3.91. The smallest absolute Gasteiger partial charge is 0.180 e. The van der Waals surface area contributed by atoms with Gasteiger partial charge in [-0.25, -0.2) is 0 Å². The third-order valence-electron chi connectivity index (χ3n) is 6.75. The zero-order valence-electron chi connectivity index (χ0n) is 14.8. The van der Waals surface area contributed by atoms with Crippen molar-refractivity contribution in [1.29, 1.82) is 0 Å². The summed E-state index contributed by atoms with van der Waals surface area (Å²) in [5, 5.41) is 0. The molecule has 3 atom stereocenters. The van der Waals surface area contributed by atoms with Crippen LogP contribution in [-0.2, 0) is 11.8 Å². The summed E-state index contributed by atoms with van der Waals surface area (Å²) < 4.78 is 0. The molecule has 2 aliphatic carbocycles. The normalized spacial score (nSPS) is 33.6. The number of hydrogen-bond acceptors (Lipinski definition) is 2. The van der Waals surface area contributed by atoms with Gasteiger partial charge in [-0.2, -0.15) is 0 Å². The van der Waals surface area contributed by atoms with Crippen molar-refractivity contribution in [2.24, 2.45) is 11.8 Å². The van der Waals surface area contributed by atoms with E-state index in [1.54, 1.807) is 0 Å². The molecule has 2 bridgehead atoms. The monoisotopic (exact) mass is 311 g/mol. The van der Waals surface area contributed by atoms with Crippen molar-refractivity contribution in [1.82, 2.24) is 4.90 Å². The number of carbonyl (C=O) groups excluding carboxylic acids is 1. The molecule has 1 saturated carbocycles. The van der Waals surface area contributed by atoms with Gasteiger partial charge in [0.1, 0.15) is 0 Å². The summed E-state index contributed by atoms with van der Waals surface area (Å²) in [6, 6.07) is 6.76. The van der Waals surface area contributed by atoms with Crippen LogP contribution in [-0.4, -0.2) is 29.8 Å². The van der Waals surface area contributed by atoms with E-state index in [1.807, 2.05) is 0 Å². The predicted molar refractivity (Wildman–Crippen MR) is 94.0 cm³/mol. The molecule has 1 heterocycles. The van der Waals surface area contributed by atoms with Crippen LogP contribution in [0.4, 0.5) is 0 Å². The molecule has 0 aromatic heterocycles. The van der Waals surface area contributed by atoms with E-state index in [1.165, 1.54) is 30.4 Å². The minimum atomic E-state index is 0.110. The van der Waals surface area contributed by atoms with Gasteiger partial charge < -0.3 is 0 Å². The number of aryl methyl sites for hydroxylation is 1. The molecule has 23 heavy (non-hydrogen) atoms. The van der Waals surface area contributed by atoms with E-state index in [2.05, 4.69) is 43.9 Å². The van der Waals surface area contributed by atoms with Gasteiger partial charge in [0.2, 0.25) is 0 Å². The van der Waals surface area contributed by atoms with Crippen LogP contribution in [0.25, 0.3) is 0 Å². The quantitative estimate of drug-likeness (QED) is 0.830. The molecule has 1 saturated heterocycles. The summed E-state index contributed by atoms with van der Waals surface area (Å²) in [4.78, 5) is 15.7. The van der Waals surface area contributed by atoms with Crippen LogP contribution >= 0.6 is 0 Å². The molecule has 1 aromatic carbocycles. The van der Waals surface area contributed by atoms with Gasteiger partial charge in [0.15, 0.2) is 5.78 Å². The summed E-state index contributed by atoms with van der Waals surface area (Å²) >= 11 is 0. The highest BCUT2D eigenvalue weighted by atomic mass is 16.1. The second-order valence-electron chi connectivity index (χ2n) is 8.33. The van der Waals surface area contributed by atoms with Crippen molar-refractivity contribution in [3.63, 3.8) is 0 Å². The molecule has 0 amide bonds. The van der Waals surface area contributed by atoms with E-state index in [9.17, 15) is 4.79 Å². The molecule has 0 radical (unpaired) electrons. The minimum absolute atomic E-state index is 0.110. The van der Waals surface area contributed by atoms with Gasteiger partial charge >= 0.3 is 0 Å². The molecular formula is C21H29NO. The number of ketones is 1. The van der Waals surface area contributed by atoms with Gasteiger partial charge in [-0.05, 0) is 60.6 Å². The first-order valence-electron chi connectivity index (χ1n) is 9.46. The van der Waals surface area contributed by atoms with Crippen LogP contribution in [0.2, 0.25) is 0 Å². The van der Waals surface area contributed by atoms with E-state index < -0.39 is 0 Å².